The van der Waals surface area contributed by atoms with E-state index in [-0.39, 0.29) is 17.9 Å². The fourth-order valence-electron chi connectivity index (χ4n) is 0.985. The molecular formula is C11H19NO. The van der Waals surface area contributed by atoms with Crippen LogP contribution in [-0.4, -0.2) is 11.9 Å². The number of nitrogens with one attached hydrogen (secondary N) is 1. The molecule has 0 saturated carbocycles. The minimum atomic E-state index is -0.0912. The maximum atomic E-state index is 11.4. The Balaban J connectivity index is 3.95. The predicted molar refractivity (Wildman–Crippen MR) is 55.1 cm³/mol. The fraction of sp³-hybridized carbons (Fsp3) is 0.727. The van der Waals surface area contributed by atoms with Crippen LogP contribution in [0.3, 0.4) is 0 Å². The Morgan fingerprint density at radius 1 is 1.54 bits per heavy atom. The standard InChI is InChI=1S/C11H19NO/c1-5-8-10(7-3)12-11(13)9(4)6-2/h3,9-10H,5-6,8H2,1-2,4H3,(H,12,13). The number of hydrogen-bond acceptors (Lipinski definition) is 1. The topological polar surface area (TPSA) is 29.1 Å². The quantitative estimate of drug-likeness (QED) is 0.645. The molecule has 0 aliphatic carbocycles. The largest absolute Gasteiger partial charge is 0.342 e. The number of carbonyl (C=O) groups excluding carboxylic acids is 1. The van der Waals surface area contributed by atoms with Crippen LogP contribution < -0.4 is 5.32 Å². The summed E-state index contributed by atoms with van der Waals surface area (Å²) in [6, 6.07) is -0.0912. The Kier molecular flexibility index (Phi) is 6.05. The van der Waals surface area contributed by atoms with E-state index in [2.05, 4.69) is 18.2 Å². The van der Waals surface area contributed by atoms with Crippen LogP contribution in [0.25, 0.3) is 0 Å². The average molecular weight is 181 g/mol. The molecule has 13 heavy (non-hydrogen) atoms. The van der Waals surface area contributed by atoms with E-state index in [1.54, 1.807) is 0 Å². The van der Waals surface area contributed by atoms with Crippen LogP contribution in [0.4, 0.5) is 0 Å². The van der Waals surface area contributed by atoms with E-state index in [0.29, 0.717) is 0 Å². The van der Waals surface area contributed by atoms with Gasteiger partial charge in [0.15, 0.2) is 0 Å². The van der Waals surface area contributed by atoms with Crippen molar-refractivity contribution < 1.29 is 4.79 Å². The molecule has 0 heterocycles. The van der Waals surface area contributed by atoms with E-state index in [9.17, 15) is 4.79 Å². The molecule has 0 bridgehead atoms. The molecule has 0 radical (unpaired) electrons. The van der Waals surface area contributed by atoms with Gasteiger partial charge in [-0.15, -0.1) is 6.42 Å². The third kappa shape index (κ3) is 4.57. The number of terminal acetylenes is 1. The van der Waals surface area contributed by atoms with Crippen LogP contribution in [0.5, 0.6) is 0 Å². The molecule has 1 N–H and O–H groups in total. The van der Waals surface area contributed by atoms with Crippen LogP contribution in [0.1, 0.15) is 40.0 Å². The Hall–Kier alpha value is -0.970. The molecule has 74 valence electrons. The van der Waals surface area contributed by atoms with Gasteiger partial charge in [-0.3, -0.25) is 4.79 Å². The third-order valence-corrected chi connectivity index (χ3v) is 2.15. The number of amides is 1. The second kappa shape index (κ2) is 6.54. The molecule has 0 aliphatic heterocycles. The van der Waals surface area contributed by atoms with E-state index >= 15 is 0 Å². The minimum absolute atomic E-state index is 0.0627. The van der Waals surface area contributed by atoms with Crippen LogP contribution in [0.2, 0.25) is 0 Å². The second-order valence-electron chi connectivity index (χ2n) is 3.33. The zero-order valence-electron chi connectivity index (χ0n) is 8.76. The second-order valence-corrected chi connectivity index (χ2v) is 3.33. The van der Waals surface area contributed by atoms with E-state index in [1.807, 2.05) is 13.8 Å². The molecule has 2 nitrogen and oxygen atoms in total. The van der Waals surface area contributed by atoms with E-state index in [1.165, 1.54) is 0 Å². The average Bonchev–Trinajstić information content (AvgIpc) is 2.15. The molecule has 0 saturated heterocycles. The summed E-state index contributed by atoms with van der Waals surface area (Å²) in [4.78, 5) is 11.4. The van der Waals surface area contributed by atoms with Crippen molar-refractivity contribution in [3.63, 3.8) is 0 Å². The lowest BCUT2D eigenvalue weighted by atomic mass is 10.1. The predicted octanol–water partition coefficient (Wildman–Crippen LogP) is 1.95. The molecular weight excluding hydrogens is 162 g/mol. The van der Waals surface area contributed by atoms with E-state index in [0.717, 1.165) is 19.3 Å². The van der Waals surface area contributed by atoms with Gasteiger partial charge in [0.1, 0.15) is 0 Å². The van der Waals surface area contributed by atoms with Crippen molar-refractivity contribution in [2.45, 2.75) is 46.1 Å². The number of carbonyl (C=O) groups is 1. The summed E-state index contributed by atoms with van der Waals surface area (Å²) in [6.45, 7) is 5.96. The van der Waals surface area contributed by atoms with Crippen LogP contribution in [0, 0.1) is 18.3 Å². The van der Waals surface area contributed by atoms with Crippen molar-refractivity contribution in [1.82, 2.24) is 5.32 Å². The normalized spacial score (nSPS) is 14.3. The first-order chi connectivity index (χ1) is 6.15. The minimum Gasteiger partial charge on any atom is -0.342 e. The molecule has 2 atom stereocenters. The van der Waals surface area contributed by atoms with Crippen molar-refractivity contribution >= 4 is 5.91 Å². The summed E-state index contributed by atoms with van der Waals surface area (Å²) in [6.07, 6.45) is 8.00. The van der Waals surface area contributed by atoms with Crippen molar-refractivity contribution in [2.75, 3.05) is 0 Å². The lowest BCUT2D eigenvalue weighted by Gasteiger charge is -2.14. The zero-order valence-corrected chi connectivity index (χ0v) is 8.76. The molecule has 2 unspecified atom stereocenters. The Bertz CT molecular complexity index is 193. The number of rotatable bonds is 5. The first-order valence-electron chi connectivity index (χ1n) is 4.92. The Morgan fingerprint density at radius 3 is 2.54 bits per heavy atom. The Morgan fingerprint density at radius 2 is 2.15 bits per heavy atom. The van der Waals surface area contributed by atoms with Gasteiger partial charge in [-0.1, -0.05) is 33.1 Å². The molecule has 1 amide bonds. The van der Waals surface area contributed by atoms with E-state index in [4.69, 9.17) is 6.42 Å². The van der Waals surface area contributed by atoms with Gasteiger partial charge in [-0.05, 0) is 12.8 Å². The lowest BCUT2D eigenvalue weighted by Crippen LogP contribution is -2.37. The SMILES string of the molecule is C#CC(CCC)NC(=O)C(C)CC. The van der Waals surface area contributed by atoms with Crippen molar-refractivity contribution in [2.24, 2.45) is 5.92 Å². The zero-order chi connectivity index (χ0) is 10.3. The van der Waals surface area contributed by atoms with Gasteiger partial charge >= 0.3 is 0 Å². The summed E-state index contributed by atoms with van der Waals surface area (Å²) >= 11 is 0. The molecule has 0 aromatic heterocycles. The fourth-order valence-corrected chi connectivity index (χ4v) is 0.985. The van der Waals surface area contributed by atoms with Gasteiger partial charge in [0.05, 0.1) is 6.04 Å². The van der Waals surface area contributed by atoms with Gasteiger partial charge in [0.2, 0.25) is 5.91 Å². The summed E-state index contributed by atoms with van der Waals surface area (Å²) in [5.74, 6) is 2.71. The van der Waals surface area contributed by atoms with Gasteiger partial charge in [-0.2, -0.15) is 0 Å². The third-order valence-electron chi connectivity index (χ3n) is 2.15. The maximum absolute atomic E-state index is 11.4. The first-order valence-corrected chi connectivity index (χ1v) is 4.92. The molecule has 2 heteroatoms. The highest BCUT2D eigenvalue weighted by molar-refractivity contribution is 5.78. The molecule has 0 aliphatic rings. The molecule has 0 fully saturated rings. The molecule has 0 aromatic carbocycles. The van der Waals surface area contributed by atoms with Crippen molar-refractivity contribution in [1.29, 1.82) is 0 Å². The molecule has 0 rings (SSSR count). The van der Waals surface area contributed by atoms with Crippen molar-refractivity contribution in [3.8, 4) is 12.3 Å². The highest BCUT2D eigenvalue weighted by atomic mass is 16.1. The van der Waals surface area contributed by atoms with Gasteiger partial charge in [0, 0.05) is 5.92 Å². The van der Waals surface area contributed by atoms with Gasteiger partial charge in [-0.25, -0.2) is 0 Å². The van der Waals surface area contributed by atoms with Crippen molar-refractivity contribution in [3.05, 3.63) is 0 Å². The number of hydrogen-bond donors (Lipinski definition) is 1. The highest BCUT2D eigenvalue weighted by Crippen LogP contribution is 2.02. The van der Waals surface area contributed by atoms with Gasteiger partial charge < -0.3 is 5.32 Å². The monoisotopic (exact) mass is 181 g/mol. The maximum Gasteiger partial charge on any atom is 0.223 e. The summed E-state index contributed by atoms with van der Waals surface area (Å²) in [5.41, 5.74) is 0. The van der Waals surface area contributed by atoms with Crippen LogP contribution in [-0.2, 0) is 4.79 Å². The molecule has 0 aromatic rings. The summed E-state index contributed by atoms with van der Waals surface area (Å²) < 4.78 is 0. The highest BCUT2D eigenvalue weighted by Gasteiger charge is 2.13. The first kappa shape index (κ1) is 12.0. The molecule has 0 spiro atoms. The van der Waals surface area contributed by atoms with Gasteiger partial charge in [0.25, 0.3) is 0 Å². The van der Waals surface area contributed by atoms with Crippen LogP contribution >= 0.6 is 0 Å². The smallest absolute Gasteiger partial charge is 0.223 e. The Labute approximate surface area is 81.1 Å². The lowest BCUT2D eigenvalue weighted by molar-refractivity contribution is -0.124. The summed E-state index contributed by atoms with van der Waals surface area (Å²) in [5, 5.41) is 2.84. The van der Waals surface area contributed by atoms with Crippen LogP contribution in [0.15, 0.2) is 0 Å². The summed E-state index contributed by atoms with van der Waals surface area (Å²) in [7, 11) is 0. The van der Waals surface area contributed by atoms with E-state index < -0.39 is 0 Å².